The number of nitrogen functional groups attached to an aromatic ring is 1. The van der Waals surface area contributed by atoms with E-state index in [4.69, 9.17) is 5.73 Å². The lowest BCUT2D eigenvalue weighted by Gasteiger charge is -2.32. The molecule has 0 aliphatic carbocycles. The van der Waals surface area contributed by atoms with Crippen LogP contribution in [-0.2, 0) is 0 Å². The molecule has 1 aromatic heterocycles. The van der Waals surface area contributed by atoms with Crippen LogP contribution in [0.4, 0.5) is 17.3 Å². The van der Waals surface area contributed by atoms with Gasteiger partial charge in [-0.25, -0.2) is 9.97 Å². The first-order valence-corrected chi connectivity index (χ1v) is 5.75. The SMILES string of the molecule is CNc1ncnc(N2CCCC(C)C2)c1N. The average molecular weight is 221 g/mol. The zero-order valence-corrected chi connectivity index (χ0v) is 9.90. The largest absolute Gasteiger partial charge is 0.393 e. The average Bonchev–Trinajstić information content (AvgIpc) is 2.29. The van der Waals surface area contributed by atoms with Crippen LogP contribution in [0.1, 0.15) is 19.8 Å². The molecule has 5 heteroatoms. The van der Waals surface area contributed by atoms with E-state index in [2.05, 4.69) is 27.1 Å². The van der Waals surface area contributed by atoms with Gasteiger partial charge in [0.15, 0.2) is 11.6 Å². The second-order valence-corrected chi connectivity index (χ2v) is 4.40. The van der Waals surface area contributed by atoms with Crippen molar-refractivity contribution >= 4 is 17.3 Å². The fraction of sp³-hybridized carbons (Fsp3) is 0.636. The Hall–Kier alpha value is -1.52. The molecule has 2 rings (SSSR count). The number of hydrogen-bond donors (Lipinski definition) is 2. The quantitative estimate of drug-likeness (QED) is 0.788. The van der Waals surface area contributed by atoms with Gasteiger partial charge in [-0.05, 0) is 18.8 Å². The molecule has 1 atom stereocenters. The minimum absolute atomic E-state index is 0.652. The summed E-state index contributed by atoms with van der Waals surface area (Å²) in [6.07, 6.45) is 4.07. The van der Waals surface area contributed by atoms with Gasteiger partial charge in [0.05, 0.1) is 0 Å². The van der Waals surface area contributed by atoms with Crippen LogP contribution in [0.5, 0.6) is 0 Å². The fourth-order valence-electron chi connectivity index (χ4n) is 2.22. The summed E-state index contributed by atoms with van der Waals surface area (Å²) in [5.74, 6) is 2.29. The summed E-state index contributed by atoms with van der Waals surface area (Å²) in [5, 5.41) is 2.98. The summed E-state index contributed by atoms with van der Waals surface area (Å²) in [5.41, 5.74) is 6.69. The molecule has 2 heterocycles. The van der Waals surface area contributed by atoms with E-state index in [1.165, 1.54) is 12.8 Å². The van der Waals surface area contributed by atoms with Crippen LogP contribution in [0.25, 0.3) is 0 Å². The number of piperidine rings is 1. The maximum atomic E-state index is 6.04. The molecular formula is C11H19N5. The number of aromatic nitrogens is 2. The van der Waals surface area contributed by atoms with E-state index < -0.39 is 0 Å². The van der Waals surface area contributed by atoms with Gasteiger partial charge in [0.2, 0.25) is 0 Å². The van der Waals surface area contributed by atoms with Crippen LogP contribution < -0.4 is 16.0 Å². The molecule has 0 bridgehead atoms. The molecule has 1 unspecified atom stereocenters. The normalized spacial score (nSPS) is 20.9. The minimum Gasteiger partial charge on any atom is -0.393 e. The standard InChI is InChI=1S/C11H19N5/c1-8-4-3-5-16(6-8)11-9(12)10(13-2)14-7-15-11/h7-8H,3-6,12H2,1-2H3,(H,13,14,15). The second-order valence-electron chi connectivity index (χ2n) is 4.40. The Morgan fingerprint density at radius 1 is 1.50 bits per heavy atom. The predicted octanol–water partition coefficient (Wildman–Crippen LogP) is 1.34. The van der Waals surface area contributed by atoms with Crippen molar-refractivity contribution in [2.24, 2.45) is 5.92 Å². The zero-order chi connectivity index (χ0) is 11.5. The van der Waals surface area contributed by atoms with Crippen molar-refractivity contribution in [2.75, 3.05) is 36.1 Å². The first-order valence-electron chi connectivity index (χ1n) is 5.75. The summed E-state index contributed by atoms with van der Waals surface area (Å²) in [7, 11) is 1.82. The lowest BCUT2D eigenvalue weighted by molar-refractivity contribution is 0.445. The molecule has 0 aromatic carbocycles. The van der Waals surface area contributed by atoms with Crippen LogP contribution in [0, 0.1) is 5.92 Å². The van der Waals surface area contributed by atoms with Gasteiger partial charge in [0, 0.05) is 20.1 Å². The molecule has 88 valence electrons. The molecule has 0 spiro atoms. The number of nitrogens with two attached hydrogens (primary N) is 1. The lowest BCUT2D eigenvalue weighted by Crippen LogP contribution is -2.35. The molecule has 0 radical (unpaired) electrons. The first kappa shape index (κ1) is 11.0. The van der Waals surface area contributed by atoms with Crippen molar-refractivity contribution in [3.05, 3.63) is 6.33 Å². The van der Waals surface area contributed by atoms with Crippen LogP contribution in [0.15, 0.2) is 6.33 Å². The Balaban J connectivity index is 2.25. The molecule has 1 aliphatic rings. The minimum atomic E-state index is 0.652. The van der Waals surface area contributed by atoms with Crippen molar-refractivity contribution in [1.82, 2.24) is 9.97 Å². The highest BCUT2D eigenvalue weighted by Gasteiger charge is 2.20. The molecule has 1 aromatic rings. The summed E-state index contributed by atoms with van der Waals surface area (Å²) < 4.78 is 0. The van der Waals surface area contributed by atoms with Gasteiger partial charge in [-0.1, -0.05) is 6.92 Å². The summed E-state index contributed by atoms with van der Waals surface area (Å²) in [6.45, 7) is 4.33. The van der Waals surface area contributed by atoms with Gasteiger partial charge in [-0.3, -0.25) is 0 Å². The number of nitrogens with zero attached hydrogens (tertiary/aromatic N) is 3. The molecule has 1 aliphatic heterocycles. The van der Waals surface area contributed by atoms with E-state index in [0.29, 0.717) is 17.4 Å². The topological polar surface area (TPSA) is 67.1 Å². The van der Waals surface area contributed by atoms with Gasteiger partial charge >= 0.3 is 0 Å². The van der Waals surface area contributed by atoms with E-state index in [0.717, 1.165) is 18.9 Å². The van der Waals surface area contributed by atoms with E-state index >= 15 is 0 Å². The first-order chi connectivity index (χ1) is 7.72. The summed E-state index contributed by atoms with van der Waals surface area (Å²) in [6, 6.07) is 0. The van der Waals surface area contributed by atoms with Gasteiger partial charge in [-0.2, -0.15) is 0 Å². The monoisotopic (exact) mass is 221 g/mol. The molecule has 1 fully saturated rings. The van der Waals surface area contributed by atoms with E-state index in [1.54, 1.807) is 6.33 Å². The summed E-state index contributed by atoms with van der Waals surface area (Å²) in [4.78, 5) is 10.6. The Kier molecular flexibility index (Phi) is 3.12. The van der Waals surface area contributed by atoms with Crippen molar-refractivity contribution in [3.8, 4) is 0 Å². The molecule has 16 heavy (non-hydrogen) atoms. The van der Waals surface area contributed by atoms with Crippen LogP contribution in [0.3, 0.4) is 0 Å². The third kappa shape index (κ3) is 2.03. The Morgan fingerprint density at radius 2 is 2.31 bits per heavy atom. The molecule has 3 N–H and O–H groups in total. The zero-order valence-electron chi connectivity index (χ0n) is 9.90. The van der Waals surface area contributed by atoms with Crippen molar-refractivity contribution < 1.29 is 0 Å². The molecule has 5 nitrogen and oxygen atoms in total. The number of nitrogens with one attached hydrogen (secondary N) is 1. The van der Waals surface area contributed by atoms with Gasteiger partial charge in [-0.15, -0.1) is 0 Å². The van der Waals surface area contributed by atoms with Crippen molar-refractivity contribution in [2.45, 2.75) is 19.8 Å². The molecule has 0 amide bonds. The summed E-state index contributed by atoms with van der Waals surface area (Å²) >= 11 is 0. The number of rotatable bonds is 2. The maximum Gasteiger partial charge on any atom is 0.157 e. The molecule has 0 saturated carbocycles. The Bertz CT molecular complexity index is 365. The third-order valence-corrected chi connectivity index (χ3v) is 3.06. The van der Waals surface area contributed by atoms with Crippen LogP contribution >= 0.6 is 0 Å². The van der Waals surface area contributed by atoms with Gasteiger partial charge in [0.1, 0.15) is 12.0 Å². The van der Waals surface area contributed by atoms with Crippen molar-refractivity contribution in [3.63, 3.8) is 0 Å². The Morgan fingerprint density at radius 3 is 3.00 bits per heavy atom. The Labute approximate surface area is 96.1 Å². The van der Waals surface area contributed by atoms with E-state index in [1.807, 2.05) is 7.05 Å². The van der Waals surface area contributed by atoms with Crippen LogP contribution in [0.2, 0.25) is 0 Å². The highest BCUT2D eigenvalue weighted by Crippen LogP contribution is 2.29. The van der Waals surface area contributed by atoms with E-state index in [9.17, 15) is 0 Å². The number of hydrogen-bond acceptors (Lipinski definition) is 5. The molecule has 1 saturated heterocycles. The van der Waals surface area contributed by atoms with Gasteiger partial charge in [0.25, 0.3) is 0 Å². The highest BCUT2D eigenvalue weighted by molar-refractivity contribution is 5.74. The van der Waals surface area contributed by atoms with Crippen LogP contribution in [-0.4, -0.2) is 30.1 Å². The van der Waals surface area contributed by atoms with E-state index in [-0.39, 0.29) is 0 Å². The smallest absolute Gasteiger partial charge is 0.157 e. The van der Waals surface area contributed by atoms with Crippen molar-refractivity contribution in [1.29, 1.82) is 0 Å². The maximum absolute atomic E-state index is 6.04. The number of anilines is 3. The fourth-order valence-corrected chi connectivity index (χ4v) is 2.22. The van der Waals surface area contributed by atoms with Gasteiger partial charge < -0.3 is 16.0 Å². The second kappa shape index (κ2) is 4.55. The third-order valence-electron chi connectivity index (χ3n) is 3.06. The lowest BCUT2D eigenvalue weighted by atomic mass is 10.0. The molecular weight excluding hydrogens is 202 g/mol. The predicted molar refractivity (Wildman–Crippen MR) is 66.6 cm³/mol. The highest BCUT2D eigenvalue weighted by atomic mass is 15.2.